The van der Waals surface area contributed by atoms with Crippen molar-refractivity contribution in [3.05, 3.63) is 233 Å². The molecule has 3 aliphatic rings. The molecule has 2 heteroatoms. The molecule has 1 aliphatic heterocycles. The Kier molecular flexibility index (Phi) is 11.1. The Hall–Kier alpha value is -5.67. The molecule has 0 fully saturated rings. The molecular formula is C62H55HfSi. The summed E-state index contributed by atoms with van der Waals surface area (Å²) in [5.74, 6) is 0.946. The molecule has 0 saturated heterocycles. The summed E-state index contributed by atoms with van der Waals surface area (Å²) in [6.07, 6.45) is 7.53. The van der Waals surface area contributed by atoms with Crippen molar-refractivity contribution in [1.29, 1.82) is 0 Å². The van der Waals surface area contributed by atoms with Gasteiger partial charge < -0.3 is 0 Å². The van der Waals surface area contributed by atoms with Crippen molar-refractivity contribution in [2.24, 2.45) is 0 Å². The second-order valence-corrected chi connectivity index (χ2v) is 29.5. The molecule has 4 atom stereocenters. The topological polar surface area (TPSA) is 0 Å². The molecule has 0 radical (unpaired) electrons. The first-order valence-corrected chi connectivity index (χ1v) is 31.0. The van der Waals surface area contributed by atoms with E-state index in [0.29, 0.717) is 19.2 Å². The standard InChI is InChI=1S/2C25H23.C12H9Si.Hf/c2*1-3-18(2)22-13-7-8-14-23(22)24-15-9-12-20-16-21(17-25(20)24)19-10-5-4-6-11-19;1-3-7-11-9(5-1)10-6-2-4-8-12(10)13-11;/h2*4-18H,3H2,1-2H3;1-7H,13H2;. The third kappa shape index (κ3) is 6.97. The molecule has 64 heavy (non-hydrogen) atoms. The van der Waals surface area contributed by atoms with Crippen LogP contribution in [0.25, 0.3) is 56.7 Å². The van der Waals surface area contributed by atoms with Crippen molar-refractivity contribution < 1.29 is 21.4 Å². The first kappa shape index (κ1) is 41.1. The van der Waals surface area contributed by atoms with Gasteiger partial charge in [0.25, 0.3) is 0 Å². The van der Waals surface area contributed by atoms with Gasteiger partial charge in [0.1, 0.15) is 0 Å². The summed E-state index contributed by atoms with van der Waals surface area (Å²) in [6.45, 7) is 9.44. The van der Waals surface area contributed by atoms with E-state index in [2.05, 4.69) is 228 Å². The second-order valence-electron chi connectivity index (χ2n) is 18.3. The van der Waals surface area contributed by atoms with Crippen LogP contribution in [0.2, 0.25) is 0 Å². The molecule has 1 heterocycles. The van der Waals surface area contributed by atoms with E-state index in [1.54, 1.807) is 13.7 Å². The Bertz CT molecular complexity index is 2940. The van der Waals surface area contributed by atoms with Gasteiger partial charge in [0.2, 0.25) is 0 Å². The van der Waals surface area contributed by atoms with Crippen molar-refractivity contribution >= 4 is 46.5 Å². The van der Waals surface area contributed by atoms with Gasteiger partial charge in [0, 0.05) is 0 Å². The summed E-state index contributed by atoms with van der Waals surface area (Å²) in [4.78, 5) is 0. The zero-order valence-corrected chi connectivity index (χ0v) is 42.5. The van der Waals surface area contributed by atoms with E-state index < -0.39 is 31.0 Å². The van der Waals surface area contributed by atoms with Crippen LogP contribution in [0.15, 0.2) is 188 Å². The van der Waals surface area contributed by atoms with Crippen LogP contribution < -0.4 is 13.7 Å². The third-order valence-corrected chi connectivity index (χ3v) is 31.1. The van der Waals surface area contributed by atoms with E-state index in [1.807, 2.05) is 0 Å². The summed E-state index contributed by atoms with van der Waals surface area (Å²) >= 11 is -3.45. The van der Waals surface area contributed by atoms with Crippen molar-refractivity contribution in [2.75, 3.05) is 0 Å². The normalized spacial score (nSPS) is 16.9. The molecule has 8 aromatic carbocycles. The van der Waals surface area contributed by atoms with E-state index in [4.69, 9.17) is 0 Å². The zero-order chi connectivity index (χ0) is 43.3. The summed E-state index contributed by atoms with van der Waals surface area (Å²) in [5, 5.41) is 3.31. The Labute approximate surface area is 390 Å². The molecule has 2 aliphatic carbocycles. The monoisotopic (exact) mass is 1010 g/mol. The molecule has 11 rings (SSSR count). The minimum atomic E-state index is -3.45. The molecule has 0 aromatic heterocycles. The van der Waals surface area contributed by atoms with Gasteiger partial charge in [0.05, 0.1) is 0 Å². The average Bonchev–Trinajstić information content (AvgIpc) is 4.07. The number of benzene rings is 8. The first-order valence-electron chi connectivity index (χ1n) is 23.6. The van der Waals surface area contributed by atoms with Crippen molar-refractivity contribution in [3.63, 3.8) is 0 Å². The van der Waals surface area contributed by atoms with Gasteiger partial charge >= 0.3 is 394 Å². The first-order chi connectivity index (χ1) is 31.5. The molecule has 8 aromatic rings. The van der Waals surface area contributed by atoms with Gasteiger partial charge in [-0.05, 0) is 0 Å². The Morgan fingerprint density at radius 1 is 0.422 bits per heavy atom. The predicted octanol–water partition coefficient (Wildman–Crippen LogP) is 14.0. The number of fused-ring (bicyclic) bond motifs is 5. The summed E-state index contributed by atoms with van der Waals surface area (Å²) in [7, 11) is -0.716. The van der Waals surface area contributed by atoms with Gasteiger partial charge in [-0.15, -0.1) is 0 Å². The average molecular weight is 1010 g/mol. The van der Waals surface area contributed by atoms with Crippen LogP contribution in [0.1, 0.15) is 104 Å². The molecule has 0 nitrogen and oxygen atoms in total. The van der Waals surface area contributed by atoms with Crippen LogP contribution in [-0.4, -0.2) is 9.52 Å². The van der Waals surface area contributed by atoms with E-state index >= 15 is 0 Å². The fraction of sp³-hybridized carbons (Fsp3) is 0.161. The quantitative estimate of drug-likeness (QED) is 0.113. The van der Waals surface area contributed by atoms with Crippen LogP contribution in [-0.2, 0) is 21.4 Å². The van der Waals surface area contributed by atoms with Crippen molar-refractivity contribution in [3.8, 4) is 33.4 Å². The van der Waals surface area contributed by atoms with E-state index in [-0.39, 0.29) is 0 Å². The Balaban J connectivity index is 1.22. The SMILES string of the molecule is CCC(C)c1ccccc1-c1cccc2c1C=C(c1ccccc1)[CH]2[Hf]([c]1cccc2c1[SiH2]c1ccccc1-2)[CH]1C(c2ccccc2)=Cc2c(-c3ccccc3C(C)CC)cccc21. The van der Waals surface area contributed by atoms with Crippen LogP contribution in [0.3, 0.4) is 0 Å². The van der Waals surface area contributed by atoms with Crippen molar-refractivity contribution in [2.45, 2.75) is 59.7 Å². The van der Waals surface area contributed by atoms with E-state index in [9.17, 15) is 0 Å². The second kappa shape index (κ2) is 17.4. The number of rotatable bonds is 11. The van der Waals surface area contributed by atoms with Gasteiger partial charge in [-0.25, -0.2) is 0 Å². The van der Waals surface area contributed by atoms with E-state index in [1.165, 1.54) is 89.0 Å². The summed E-state index contributed by atoms with van der Waals surface area (Å²) < 4.78 is 2.35. The minimum absolute atomic E-state index is 0.307. The molecule has 0 spiro atoms. The number of hydrogen-bond acceptors (Lipinski definition) is 0. The number of allylic oxidation sites excluding steroid dienone is 2. The predicted molar refractivity (Wildman–Crippen MR) is 275 cm³/mol. The third-order valence-electron chi connectivity index (χ3n) is 14.9. The van der Waals surface area contributed by atoms with Crippen molar-refractivity contribution in [1.82, 2.24) is 0 Å². The fourth-order valence-electron chi connectivity index (χ4n) is 11.4. The summed E-state index contributed by atoms with van der Waals surface area (Å²) in [6, 6.07) is 72.9. The molecule has 4 unspecified atom stereocenters. The molecule has 0 bridgehead atoms. The van der Waals surface area contributed by atoms with Gasteiger partial charge in [-0.2, -0.15) is 0 Å². The fourth-order valence-corrected chi connectivity index (χ4v) is 30.6. The molecule has 311 valence electrons. The van der Waals surface area contributed by atoms with Crippen LogP contribution in [0.5, 0.6) is 0 Å². The maximum atomic E-state index is 2.65. The van der Waals surface area contributed by atoms with Gasteiger partial charge in [-0.1, -0.05) is 0 Å². The van der Waals surface area contributed by atoms with E-state index in [0.717, 1.165) is 12.8 Å². The number of hydrogen-bond donors (Lipinski definition) is 0. The Morgan fingerprint density at radius 3 is 1.36 bits per heavy atom. The Morgan fingerprint density at radius 2 is 0.844 bits per heavy atom. The van der Waals surface area contributed by atoms with Crippen LogP contribution >= 0.6 is 0 Å². The van der Waals surface area contributed by atoms with Gasteiger partial charge in [-0.3, -0.25) is 0 Å². The zero-order valence-electron chi connectivity index (χ0n) is 37.5. The maximum absolute atomic E-state index is 3.45. The van der Waals surface area contributed by atoms with Crippen LogP contribution in [0, 0.1) is 0 Å². The van der Waals surface area contributed by atoms with Gasteiger partial charge in [0.15, 0.2) is 0 Å². The molecule has 0 saturated carbocycles. The molecular weight excluding hydrogens is 951 g/mol. The van der Waals surface area contributed by atoms with Crippen LogP contribution in [0.4, 0.5) is 0 Å². The molecule has 0 amide bonds. The molecule has 0 N–H and O–H groups in total. The summed E-state index contributed by atoms with van der Waals surface area (Å²) in [5.41, 5.74) is 23.1.